The van der Waals surface area contributed by atoms with E-state index in [0.717, 1.165) is 66.6 Å². The van der Waals surface area contributed by atoms with Crippen molar-refractivity contribution in [1.29, 1.82) is 0 Å². The molecule has 46 heavy (non-hydrogen) atoms. The second kappa shape index (κ2) is 19.2. The lowest BCUT2D eigenvalue weighted by molar-refractivity contribution is -0.151. The summed E-state index contributed by atoms with van der Waals surface area (Å²) >= 11 is 0. The number of carbonyl (C=O) groups excluding carboxylic acids is 1. The zero-order chi connectivity index (χ0) is 32.9. The number of rotatable bonds is 20. The third kappa shape index (κ3) is 10.2. The monoisotopic (exact) mass is 637 g/mol. The van der Waals surface area contributed by atoms with Crippen molar-refractivity contribution in [3.8, 4) is 0 Å². The third-order valence-corrected chi connectivity index (χ3v) is 13.9. The van der Waals surface area contributed by atoms with Crippen molar-refractivity contribution in [2.45, 2.75) is 195 Å². The first kappa shape index (κ1) is 37.8. The fourth-order valence-electron chi connectivity index (χ4n) is 10.9. The lowest BCUT2D eigenvalue weighted by Gasteiger charge is -2.55. The van der Waals surface area contributed by atoms with E-state index in [-0.39, 0.29) is 12.1 Å². The van der Waals surface area contributed by atoms with Crippen LogP contribution in [0.15, 0.2) is 23.8 Å². The Balaban J connectivity index is 1.14. The van der Waals surface area contributed by atoms with Crippen LogP contribution in [0.25, 0.3) is 0 Å². The number of hydrogen-bond donors (Lipinski definition) is 0. The maximum Gasteiger partial charge on any atom is 0.306 e. The molecule has 2 heteroatoms. The van der Waals surface area contributed by atoms with Crippen LogP contribution in [0.3, 0.4) is 0 Å². The standard InChI is InChI=1S/C44H76O2/c1-7-9-10-11-12-13-14-15-16-17-18-19-20-21-43(45)46-37-30-31-44(6)36(32-37)24-25-41-40-27-26-38(39(40)28-29-42(41)44)34(5)22-23-35(8-2)33(3)4/h22-24,33-35,37-42H,7-21,25-32H2,1-6H3. The molecule has 0 saturated heterocycles. The summed E-state index contributed by atoms with van der Waals surface area (Å²) in [4.78, 5) is 12.8. The Kier molecular flexibility index (Phi) is 15.8. The van der Waals surface area contributed by atoms with Crippen LogP contribution < -0.4 is 0 Å². The Morgan fingerprint density at radius 3 is 2.07 bits per heavy atom. The first-order valence-electron chi connectivity index (χ1n) is 20.9. The van der Waals surface area contributed by atoms with E-state index in [9.17, 15) is 4.79 Å². The molecule has 0 aromatic heterocycles. The molecule has 4 rings (SSSR count). The van der Waals surface area contributed by atoms with Crippen molar-refractivity contribution in [1.82, 2.24) is 0 Å². The van der Waals surface area contributed by atoms with Crippen molar-refractivity contribution >= 4 is 5.97 Å². The second-order valence-corrected chi connectivity index (χ2v) is 17.2. The Bertz CT molecular complexity index is 946. The fraction of sp³-hybridized carbons (Fsp3) is 0.886. The van der Waals surface area contributed by atoms with Gasteiger partial charge in [0.25, 0.3) is 0 Å². The molecule has 0 spiro atoms. The van der Waals surface area contributed by atoms with Gasteiger partial charge in [-0.25, -0.2) is 0 Å². The van der Waals surface area contributed by atoms with E-state index in [4.69, 9.17) is 4.74 Å². The predicted octanol–water partition coefficient (Wildman–Crippen LogP) is 13.4. The van der Waals surface area contributed by atoms with Gasteiger partial charge in [0.15, 0.2) is 0 Å². The first-order chi connectivity index (χ1) is 22.3. The Morgan fingerprint density at radius 1 is 0.804 bits per heavy atom. The van der Waals surface area contributed by atoms with Crippen molar-refractivity contribution in [2.24, 2.45) is 52.8 Å². The molecule has 0 N–H and O–H groups in total. The van der Waals surface area contributed by atoms with Crippen molar-refractivity contribution in [3.63, 3.8) is 0 Å². The summed E-state index contributed by atoms with van der Waals surface area (Å²) < 4.78 is 6.11. The summed E-state index contributed by atoms with van der Waals surface area (Å²) in [6.07, 6.45) is 37.5. The summed E-state index contributed by atoms with van der Waals surface area (Å²) in [6, 6.07) is 0. The molecule has 4 aliphatic carbocycles. The SMILES string of the molecule is CCCCCCCCCCCCCCCC(=O)OC1CCC2(C)C(=CCC3C4CCC(C(C)C=CC(CC)C(C)C)C4CCC32)C1. The minimum atomic E-state index is 0.0605. The second-order valence-electron chi connectivity index (χ2n) is 17.2. The van der Waals surface area contributed by atoms with Gasteiger partial charge < -0.3 is 4.74 Å². The first-order valence-corrected chi connectivity index (χ1v) is 20.9. The molecule has 0 radical (unpaired) electrons. The lowest BCUT2D eigenvalue weighted by atomic mass is 9.50. The minimum Gasteiger partial charge on any atom is -0.462 e. The van der Waals surface area contributed by atoms with Gasteiger partial charge in [-0.2, -0.15) is 0 Å². The highest BCUT2D eigenvalue weighted by Crippen LogP contribution is 2.63. The van der Waals surface area contributed by atoms with E-state index in [1.165, 1.54) is 122 Å². The molecule has 0 aliphatic heterocycles. The topological polar surface area (TPSA) is 26.3 Å². The van der Waals surface area contributed by atoms with E-state index in [1.807, 2.05) is 0 Å². The van der Waals surface area contributed by atoms with Crippen LogP contribution in [-0.2, 0) is 9.53 Å². The summed E-state index contributed by atoms with van der Waals surface area (Å²) in [7, 11) is 0. The van der Waals surface area contributed by atoms with Gasteiger partial charge in [-0.1, -0.05) is 142 Å². The van der Waals surface area contributed by atoms with Crippen LogP contribution in [0.4, 0.5) is 0 Å². The van der Waals surface area contributed by atoms with E-state index in [1.54, 1.807) is 5.57 Å². The van der Waals surface area contributed by atoms with Gasteiger partial charge in [0.2, 0.25) is 0 Å². The average Bonchev–Trinajstić information content (AvgIpc) is 3.48. The average molecular weight is 637 g/mol. The predicted molar refractivity (Wildman–Crippen MR) is 198 cm³/mol. The van der Waals surface area contributed by atoms with Gasteiger partial charge in [0.05, 0.1) is 0 Å². The number of ether oxygens (including phenoxy) is 1. The molecule has 9 atom stereocenters. The van der Waals surface area contributed by atoms with E-state index < -0.39 is 0 Å². The van der Waals surface area contributed by atoms with Crippen LogP contribution in [0, 0.1) is 52.8 Å². The molecule has 0 bridgehead atoms. The molecule has 0 aromatic rings. The molecule has 3 fully saturated rings. The number of carbonyl (C=O) groups is 1. The molecule has 0 amide bonds. The van der Waals surface area contributed by atoms with E-state index >= 15 is 0 Å². The largest absolute Gasteiger partial charge is 0.462 e. The smallest absolute Gasteiger partial charge is 0.306 e. The van der Waals surface area contributed by atoms with Crippen molar-refractivity contribution in [2.75, 3.05) is 0 Å². The van der Waals surface area contributed by atoms with Gasteiger partial charge >= 0.3 is 5.97 Å². The molecule has 4 aliphatic rings. The van der Waals surface area contributed by atoms with Gasteiger partial charge in [0.1, 0.15) is 6.10 Å². The van der Waals surface area contributed by atoms with Crippen molar-refractivity contribution in [3.05, 3.63) is 23.8 Å². The Hall–Kier alpha value is -1.05. The van der Waals surface area contributed by atoms with Crippen LogP contribution in [-0.4, -0.2) is 12.1 Å². The van der Waals surface area contributed by atoms with Crippen LogP contribution in [0.5, 0.6) is 0 Å². The van der Waals surface area contributed by atoms with Gasteiger partial charge in [-0.15, -0.1) is 0 Å². The summed E-state index contributed by atoms with van der Waals surface area (Å²) in [5, 5.41) is 0. The fourth-order valence-corrected chi connectivity index (χ4v) is 10.9. The maximum absolute atomic E-state index is 12.8. The van der Waals surface area contributed by atoms with Crippen molar-refractivity contribution < 1.29 is 9.53 Å². The number of unbranched alkanes of at least 4 members (excludes halogenated alkanes) is 12. The third-order valence-electron chi connectivity index (χ3n) is 13.9. The summed E-state index contributed by atoms with van der Waals surface area (Å²) in [6.45, 7) is 14.5. The summed E-state index contributed by atoms with van der Waals surface area (Å²) in [5.74, 6) is 6.71. The zero-order valence-corrected chi connectivity index (χ0v) is 31.5. The number of esters is 1. The molecule has 2 nitrogen and oxygen atoms in total. The maximum atomic E-state index is 12.8. The minimum absolute atomic E-state index is 0.0605. The molecule has 0 heterocycles. The number of allylic oxidation sites excluding steroid dienone is 3. The molecular weight excluding hydrogens is 560 g/mol. The molecule has 0 aromatic carbocycles. The highest BCUT2D eigenvalue weighted by atomic mass is 16.5. The Labute approximate surface area is 286 Å². The van der Waals surface area contributed by atoms with E-state index in [2.05, 4.69) is 59.8 Å². The van der Waals surface area contributed by atoms with Crippen LogP contribution in [0.2, 0.25) is 0 Å². The molecular formula is C44H76O2. The zero-order valence-electron chi connectivity index (χ0n) is 31.5. The molecule has 9 unspecified atom stereocenters. The Morgan fingerprint density at radius 2 is 1.43 bits per heavy atom. The van der Waals surface area contributed by atoms with Crippen LogP contribution in [0.1, 0.15) is 189 Å². The number of fused-ring (bicyclic) bond motifs is 5. The van der Waals surface area contributed by atoms with Gasteiger partial charge in [-0.05, 0) is 111 Å². The van der Waals surface area contributed by atoms with Gasteiger partial charge in [-0.3, -0.25) is 4.79 Å². The van der Waals surface area contributed by atoms with Crippen LogP contribution >= 0.6 is 0 Å². The molecule has 264 valence electrons. The molecule has 3 saturated carbocycles. The normalized spacial score (nSPS) is 32.1. The highest BCUT2D eigenvalue weighted by Gasteiger charge is 2.54. The number of hydrogen-bond acceptors (Lipinski definition) is 2. The lowest BCUT2D eigenvalue weighted by Crippen LogP contribution is -2.48. The quantitative estimate of drug-likeness (QED) is 0.0755. The van der Waals surface area contributed by atoms with E-state index in [0.29, 0.717) is 11.8 Å². The summed E-state index contributed by atoms with van der Waals surface area (Å²) in [5.41, 5.74) is 1.98. The van der Waals surface area contributed by atoms with Gasteiger partial charge in [0, 0.05) is 12.8 Å². The highest BCUT2D eigenvalue weighted by molar-refractivity contribution is 5.69.